The van der Waals surface area contributed by atoms with Crippen molar-refractivity contribution in [1.82, 2.24) is 0 Å². The predicted molar refractivity (Wildman–Crippen MR) is 71.6 cm³/mol. The second kappa shape index (κ2) is 5.41. The molecule has 0 bridgehead atoms. The fourth-order valence-electron chi connectivity index (χ4n) is 2.29. The molecule has 17 heavy (non-hydrogen) atoms. The average Bonchev–Trinajstić information content (AvgIpc) is 2.77. The summed E-state index contributed by atoms with van der Waals surface area (Å²) >= 11 is 0. The molecule has 1 unspecified atom stereocenters. The van der Waals surface area contributed by atoms with Gasteiger partial charge in [0, 0.05) is 24.8 Å². The van der Waals surface area contributed by atoms with Crippen molar-refractivity contribution < 1.29 is 4.74 Å². The average molecular weight is 234 g/mol. The molecule has 3 heteroatoms. The first-order chi connectivity index (χ1) is 8.19. The maximum atomic E-state index is 5.72. The lowest BCUT2D eigenvalue weighted by Crippen LogP contribution is -2.22. The van der Waals surface area contributed by atoms with Crippen molar-refractivity contribution in [3.05, 3.63) is 24.3 Å². The Morgan fingerprint density at radius 1 is 1.47 bits per heavy atom. The van der Waals surface area contributed by atoms with Gasteiger partial charge in [0.25, 0.3) is 0 Å². The van der Waals surface area contributed by atoms with Crippen LogP contribution in [0.3, 0.4) is 0 Å². The van der Waals surface area contributed by atoms with Crippen molar-refractivity contribution in [2.24, 2.45) is 11.7 Å². The summed E-state index contributed by atoms with van der Waals surface area (Å²) in [6, 6.07) is 8.34. The highest BCUT2D eigenvalue weighted by Crippen LogP contribution is 2.26. The van der Waals surface area contributed by atoms with Crippen LogP contribution in [-0.2, 0) is 0 Å². The number of hydrogen-bond donors (Lipinski definition) is 1. The number of nitrogens with zero attached hydrogens (tertiary/aromatic N) is 1. The van der Waals surface area contributed by atoms with Gasteiger partial charge in [-0.3, -0.25) is 0 Å². The number of rotatable bonds is 4. The van der Waals surface area contributed by atoms with Gasteiger partial charge in [0.2, 0.25) is 0 Å². The second-order valence-electron chi connectivity index (χ2n) is 5.00. The first-order valence-electron chi connectivity index (χ1n) is 6.40. The van der Waals surface area contributed by atoms with Crippen LogP contribution in [0.15, 0.2) is 24.3 Å². The molecular weight excluding hydrogens is 212 g/mol. The minimum Gasteiger partial charge on any atom is -0.491 e. The Balaban J connectivity index is 2.06. The Kier molecular flexibility index (Phi) is 3.89. The van der Waals surface area contributed by atoms with Gasteiger partial charge in [-0.05, 0) is 44.9 Å². The molecule has 0 aromatic heterocycles. The molecule has 0 amide bonds. The van der Waals surface area contributed by atoms with Crippen LogP contribution in [0.5, 0.6) is 5.75 Å². The molecular formula is C14H22N2O. The minimum absolute atomic E-state index is 0.223. The Morgan fingerprint density at radius 2 is 2.29 bits per heavy atom. The maximum Gasteiger partial charge on any atom is 0.121 e. The quantitative estimate of drug-likeness (QED) is 0.868. The van der Waals surface area contributed by atoms with Crippen molar-refractivity contribution in [3.8, 4) is 5.75 Å². The molecule has 94 valence electrons. The van der Waals surface area contributed by atoms with Crippen molar-refractivity contribution in [1.29, 1.82) is 0 Å². The highest BCUT2D eigenvalue weighted by molar-refractivity contribution is 5.51. The van der Waals surface area contributed by atoms with Gasteiger partial charge in [-0.15, -0.1) is 0 Å². The SMILES string of the molecule is CC(C)Oc1cccc(N2CCC(CN)C2)c1. The Hall–Kier alpha value is -1.22. The maximum absolute atomic E-state index is 5.72. The third kappa shape index (κ3) is 3.13. The number of anilines is 1. The Bertz CT molecular complexity index is 365. The summed E-state index contributed by atoms with van der Waals surface area (Å²) in [6.45, 7) is 7.06. The number of nitrogens with two attached hydrogens (primary N) is 1. The molecule has 3 nitrogen and oxygen atoms in total. The van der Waals surface area contributed by atoms with Gasteiger partial charge >= 0.3 is 0 Å². The van der Waals surface area contributed by atoms with E-state index in [2.05, 4.69) is 23.1 Å². The van der Waals surface area contributed by atoms with Gasteiger partial charge in [-0.2, -0.15) is 0 Å². The summed E-state index contributed by atoms with van der Waals surface area (Å²) in [7, 11) is 0. The second-order valence-corrected chi connectivity index (χ2v) is 5.00. The van der Waals surface area contributed by atoms with E-state index in [4.69, 9.17) is 10.5 Å². The summed E-state index contributed by atoms with van der Waals surface area (Å²) in [5.41, 5.74) is 6.97. The van der Waals surface area contributed by atoms with Crippen molar-refractivity contribution in [2.75, 3.05) is 24.5 Å². The molecule has 1 fully saturated rings. The molecule has 0 saturated carbocycles. The molecule has 0 spiro atoms. The molecule has 1 aromatic carbocycles. The Morgan fingerprint density at radius 3 is 2.94 bits per heavy atom. The monoisotopic (exact) mass is 234 g/mol. The zero-order valence-corrected chi connectivity index (χ0v) is 10.7. The highest BCUT2D eigenvalue weighted by Gasteiger charge is 2.21. The van der Waals surface area contributed by atoms with Crippen molar-refractivity contribution in [3.63, 3.8) is 0 Å². The smallest absolute Gasteiger partial charge is 0.121 e. The van der Waals surface area contributed by atoms with E-state index in [0.29, 0.717) is 5.92 Å². The standard InChI is InChI=1S/C14H22N2O/c1-11(2)17-14-5-3-4-13(8-14)16-7-6-12(9-15)10-16/h3-5,8,11-12H,6-7,9-10,15H2,1-2H3. The molecule has 2 rings (SSSR count). The van der Waals surface area contributed by atoms with Gasteiger partial charge in [0.05, 0.1) is 6.10 Å². The van der Waals surface area contributed by atoms with Crippen LogP contribution in [0, 0.1) is 5.92 Å². The lowest BCUT2D eigenvalue weighted by atomic mass is 10.1. The van der Waals surface area contributed by atoms with E-state index in [1.807, 2.05) is 19.9 Å². The molecule has 0 radical (unpaired) electrons. The molecule has 1 aliphatic heterocycles. The molecule has 2 N–H and O–H groups in total. The molecule has 1 saturated heterocycles. The van der Waals surface area contributed by atoms with Crippen LogP contribution in [0.4, 0.5) is 5.69 Å². The van der Waals surface area contributed by atoms with E-state index in [1.54, 1.807) is 0 Å². The van der Waals surface area contributed by atoms with Crippen LogP contribution in [0.1, 0.15) is 20.3 Å². The van der Waals surface area contributed by atoms with Crippen LogP contribution < -0.4 is 15.4 Å². The third-order valence-corrected chi connectivity index (χ3v) is 3.17. The van der Waals surface area contributed by atoms with Crippen LogP contribution in [0.2, 0.25) is 0 Å². The number of benzene rings is 1. The summed E-state index contributed by atoms with van der Waals surface area (Å²) < 4.78 is 5.72. The molecule has 1 atom stereocenters. The molecule has 1 aromatic rings. The summed E-state index contributed by atoms with van der Waals surface area (Å²) in [6.07, 6.45) is 1.42. The van der Waals surface area contributed by atoms with Gasteiger partial charge < -0.3 is 15.4 Å². The van der Waals surface area contributed by atoms with E-state index >= 15 is 0 Å². The van der Waals surface area contributed by atoms with E-state index in [1.165, 1.54) is 12.1 Å². The van der Waals surface area contributed by atoms with Crippen LogP contribution in [0.25, 0.3) is 0 Å². The van der Waals surface area contributed by atoms with Gasteiger partial charge in [-0.25, -0.2) is 0 Å². The zero-order valence-electron chi connectivity index (χ0n) is 10.7. The predicted octanol–water partition coefficient (Wildman–Crippen LogP) is 2.26. The summed E-state index contributed by atoms with van der Waals surface area (Å²) in [4.78, 5) is 2.39. The fourth-order valence-corrected chi connectivity index (χ4v) is 2.29. The number of ether oxygens (including phenoxy) is 1. The lowest BCUT2D eigenvalue weighted by molar-refractivity contribution is 0.242. The van der Waals surface area contributed by atoms with Gasteiger partial charge in [0.1, 0.15) is 5.75 Å². The molecule has 0 aliphatic carbocycles. The van der Waals surface area contributed by atoms with Gasteiger partial charge in [0.15, 0.2) is 0 Å². The largest absolute Gasteiger partial charge is 0.491 e. The topological polar surface area (TPSA) is 38.5 Å². The summed E-state index contributed by atoms with van der Waals surface area (Å²) in [5, 5.41) is 0. The zero-order chi connectivity index (χ0) is 12.3. The third-order valence-electron chi connectivity index (χ3n) is 3.17. The van der Waals surface area contributed by atoms with Gasteiger partial charge in [-0.1, -0.05) is 6.07 Å². The highest BCUT2D eigenvalue weighted by atomic mass is 16.5. The first-order valence-corrected chi connectivity index (χ1v) is 6.40. The number of hydrogen-bond acceptors (Lipinski definition) is 3. The van der Waals surface area contributed by atoms with E-state index in [-0.39, 0.29) is 6.10 Å². The fraction of sp³-hybridized carbons (Fsp3) is 0.571. The van der Waals surface area contributed by atoms with Crippen LogP contribution in [-0.4, -0.2) is 25.7 Å². The molecule has 1 aliphatic rings. The lowest BCUT2D eigenvalue weighted by Gasteiger charge is -2.20. The van der Waals surface area contributed by atoms with Crippen molar-refractivity contribution in [2.45, 2.75) is 26.4 Å². The first kappa shape index (κ1) is 12.2. The van der Waals surface area contributed by atoms with Crippen molar-refractivity contribution >= 4 is 5.69 Å². The summed E-state index contributed by atoms with van der Waals surface area (Å²) in [5.74, 6) is 1.60. The van der Waals surface area contributed by atoms with Crippen LogP contribution >= 0.6 is 0 Å². The molecule has 1 heterocycles. The minimum atomic E-state index is 0.223. The van der Waals surface area contributed by atoms with E-state index < -0.39 is 0 Å². The Labute approximate surface area is 104 Å². The van der Waals surface area contributed by atoms with E-state index in [0.717, 1.165) is 25.4 Å². The van der Waals surface area contributed by atoms with E-state index in [9.17, 15) is 0 Å². The normalized spacial score (nSPS) is 20.0.